The molecule has 98 valence electrons. The number of amides is 1. The number of carbonyl (C=O) groups excluding carboxylic acids is 1. The lowest BCUT2D eigenvalue weighted by Gasteiger charge is -2.23. The molecule has 2 saturated heterocycles. The number of aliphatic hydroxyl groups excluding tert-OH is 2. The minimum absolute atomic E-state index is 0.00905. The Bertz CT molecular complexity index is 255. The molecule has 0 bridgehead atoms. The number of likely N-dealkylation sites (tertiary alicyclic amines) is 1. The van der Waals surface area contributed by atoms with E-state index < -0.39 is 12.2 Å². The van der Waals surface area contributed by atoms with Gasteiger partial charge in [0.05, 0.1) is 18.3 Å². The van der Waals surface area contributed by atoms with Crippen molar-refractivity contribution in [2.24, 2.45) is 0 Å². The van der Waals surface area contributed by atoms with Gasteiger partial charge in [-0.1, -0.05) is 0 Å². The summed E-state index contributed by atoms with van der Waals surface area (Å²) in [4.78, 5) is 13.4. The van der Waals surface area contributed by atoms with Crippen molar-refractivity contribution in [3.63, 3.8) is 0 Å². The monoisotopic (exact) mass is 243 g/mol. The number of β-amino-alcohol motifs (C(OH)–C–C–N with tert-alkyl or cyclic N) is 2. The van der Waals surface area contributed by atoms with Crippen LogP contribution in [0.3, 0.4) is 0 Å². The van der Waals surface area contributed by atoms with Gasteiger partial charge in [0, 0.05) is 26.1 Å². The predicted octanol–water partition coefficient (Wildman–Crippen LogP) is -0.100. The first-order valence-corrected chi connectivity index (χ1v) is 6.42. The Labute approximate surface area is 101 Å². The summed E-state index contributed by atoms with van der Waals surface area (Å²) in [6, 6.07) is 0. The molecule has 2 aliphatic heterocycles. The van der Waals surface area contributed by atoms with Crippen LogP contribution in [0.15, 0.2) is 0 Å². The molecule has 0 aliphatic carbocycles. The number of ether oxygens (including phenoxy) is 1. The van der Waals surface area contributed by atoms with Crippen molar-refractivity contribution in [3.8, 4) is 0 Å². The third-order valence-corrected chi connectivity index (χ3v) is 3.57. The highest BCUT2D eigenvalue weighted by Crippen LogP contribution is 2.18. The van der Waals surface area contributed by atoms with Crippen LogP contribution in [-0.2, 0) is 9.53 Å². The van der Waals surface area contributed by atoms with Crippen molar-refractivity contribution >= 4 is 5.91 Å². The molecule has 17 heavy (non-hydrogen) atoms. The minimum atomic E-state index is -0.787. The predicted molar refractivity (Wildman–Crippen MR) is 61.4 cm³/mol. The van der Waals surface area contributed by atoms with Gasteiger partial charge in [-0.15, -0.1) is 0 Å². The zero-order valence-electron chi connectivity index (χ0n) is 10.0. The third-order valence-electron chi connectivity index (χ3n) is 3.57. The summed E-state index contributed by atoms with van der Waals surface area (Å²) >= 11 is 0. The van der Waals surface area contributed by atoms with Gasteiger partial charge in [-0.2, -0.15) is 0 Å². The Morgan fingerprint density at radius 3 is 2.53 bits per heavy atom. The van der Waals surface area contributed by atoms with Gasteiger partial charge in [0.25, 0.3) is 0 Å². The summed E-state index contributed by atoms with van der Waals surface area (Å²) in [5.74, 6) is 0.00905. The van der Waals surface area contributed by atoms with Crippen molar-refractivity contribution in [2.45, 2.75) is 50.4 Å². The fraction of sp³-hybridized carbons (Fsp3) is 0.917. The highest BCUT2D eigenvalue weighted by atomic mass is 16.5. The first-order valence-electron chi connectivity index (χ1n) is 6.42. The molecule has 2 aliphatic rings. The molecular formula is C12H21NO4. The quantitative estimate of drug-likeness (QED) is 0.726. The summed E-state index contributed by atoms with van der Waals surface area (Å²) < 4.78 is 5.56. The number of hydrogen-bond donors (Lipinski definition) is 2. The van der Waals surface area contributed by atoms with Crippen LogP contribution in [-0.4, -0.2) is 59.0 Å². The molecule has 0 aromatic carbocycles. The second-order valence-corrected chi connectivity index (χ2v) is 4.96. The van der Waals surface area contributed by atoms with Gasteiger partial charge in [-0.25, -0.2) is 0 Å². The summed E-state index contributed by atoms with van der Waals surface area (Å²) in [7, 11) is 0. The molecule has 0 radical (unpaired) electrons. The molecule has 5 heteroatoms. The largest absolute Gasteiger partial charge is 0.388 e. The molecule has 3 atom stereocenters. The smallest absolute Gasteiger partial charge is 0.222 e. The zero-order chi connectivity index (χ0) is 12.3. The maximum atomic E-state index is 11.8. The highest BCUT2D eigenvalue weighted by molar-refractivity contribution is 5.76. The van der Waals surface area contributed by atoms with Crippen LogP contribution in [0.5, 0.6) is 0 Å². The summed E-state index contributed by atoms with van der Waals surface area (Å²) in [5.41, 5.74) is 0. The molecule has 5 nitrogen and oxygen atoms in total. The van der Waals surface area contributed by atoms with E-state index in [-0.39, 0.29) is 25.1 Å². The molecule has 0 aromatic rings. The lowest BCUT2D eigenvalue weighted by Crippen LogP contribution is -2.31. The van der Waals surface area contributed by atoms with E-state index in [1.165, 1.54) is 11.3 Å². The van der Waals surface area contributed by atoms with E-state index in [9.17, 15) is 15.0 Å². The standard InChI is InChI=1S/C12H21NO4/c14-10-7-13(8-11(10)15)12(16)5-4-9-3-1-2-6-17-9/h9-11,14-15H,1-8H2/t9?,10-,11+. The van der Waals surface area contributed by atoms with Gasteiger partial charge < -0.3 is 19.8 Å². The average molecular weight is 243 g/mol. The van der Waals surface area contributed by atoms with Gasteiger partial charge in [-0.05, 0) is 25.7 Å². The lowest BCUT2D eigenvalue weighted by atomic mass is 10.0. The topological polar surface area (TPSA) is 70.0 Å². The van der Waals surface area contributed by atoms with Crippen molar-refractivity contribution in [3.05, 3.63) is 0 Å². The van der Waals surface area contributed by atoms with Crippen LogP contribution in [0.25, 0.3) is 0 Å². The normalized spacial score (nSPS) is 34.0. The number of carbonyl (C=O) groups is 1. The van der Waals surface area contributed by atoms with Gasteiger partial charge in [0.15, 0.2) is 0 Å². The number of hydrogen-bond acceptors (Lipinski definition) is 4. The molecule has 2 heterocycles. The number of rotatable bonds is 3. The van der Waals surface area contributed by atoms with E-state index in [2.05, 4.69) is 0 Å². The Morgan fingerprint density at radius 2 is 1.94 bits per heavy atom. The average Bonchev–Trinajstić information content (AvgIpc) is 2.68. The van der Waals surface area contributed by atoms with Crippen LogP contribution in [0, 0.1) is 0 Å². The van der Waals surface area contributed by atoms with Gasteiger partial charge in [-0.3, -0.25) is 4.79 Å². The Hall–Kier alpha value is -0.650. The maximum absolute atomic E-state index is 11.8. The molecule has 2 N–H and O–H groups in total. The van der Waals surface area contributed by atoms with Gasteiger partial charge in [0.2, 0.25) is 5.91 Å². The molecule has 1 unspecified atom stereocenters. The number of aliphatic hydroxyl groups is 2. The van der Waals surface area contributed by atoms with E-state index in [4.69, 9.17) is 4.74 Å². The fourth-order valence-corrected chi connectivity index (χ4v) is 2.45. The zero-order valence-corrected chi connectivity index (χ0v) is 10.0. The van der Waals surface area contributed by atoms with Gasteiger partial charge >= 0.3 is 0 Å². The van der Waals surface area contributed by atoms with Crippen molar-refractivity contribution < 1.29 is 19.7 Å². The second-order valence-electron chi connectivity index (χ2n) is 4.96. The van der Waals surface area contributed by atoms with Crippen LogP contribution in [0.2, 0.25) is 0 Å². The maximum Gasteiger partial charge on any atom is 0.222 e. The van der Waals surface area contributed by atoms with Crippen LogP contribution < -0.4 is 0 Å². The SMILES string of the molecule is O=C(CCC1CCCCO1)N1C[C@@H](O)[C@@H](O)C1. The van der Waals surface area contributed by atoms with Crippen LogP contribution in [0.1, 0.15) is 32.1 Å². The summed E-state index contributed by atoms with van der Waals surface area (Å²) in [6.07, 6.45) is 3.18. The van der Waals surface area contributed by atoms with Crippen LogP contribution >= 0.6 is 0 Å². The van der Waals surface area contributed by atoms with E-state index in [1.54, 1.807) is 0 Å². The van der Waals surface area contributed by atoms with Gasteiger partial charge in [0.1, 0.15) is 0 Å². The van der Waals surface area contributed by atoms with Crippen molar-refractivity contribution in [1.29, 1.82) is 0 Å². The summed E-state index contributed by atoms with van der Waals surface area (Å²) in [5, 5.41) is 18.7. The molecule has 1 amide bonds. The molecule has 0 spiro atoms. The first kappa shape index (κ1) is 12.8. The molecule has 2 rings (SSSR count). The van der Waals surface area contributed by atoms with E-state index in [0.29, 0.717) is 6.42 Å². The summed E-state index contributed by atoms with van der Waals surface area (Å²) in [6.45, 7) is 1.32. The second kappa shape index (κ2) is 5.80. The molecule has 0 aromatic heterocycles. The minimum Gasteiger partial charge on any atom is -0.388 e. The van der Waals surface area contributed by atoms with E-state index >= 15 is 0 Å². The molecule has 0 saturated carbocycles. The third kappa shape index (κ3) is 3.40. The molecule has 2 fully saturated rings. The Kier molecular flexibility index (Phi) is 4.36. The molecular weight excluding hydrogens is 222 g/mol. The Balaban J connectivity index is 1.70. The van der Waals surface area contributed by atoms with E-state index in [0.717, 1.165) is 25.9 Å². The lowest BCUT2D eigenvalue weighted by molar-refractivity contribution is -0.131. The fourth-order valence-electron chi connectivity index (χ4n) is 2.45. The highest BCUT2D eigenvalue weighted by Gasteiger charge is 2.32. The van der Waals surface area contributed by atoms with E-state index in [1.807, 2.05) is 0 Å². The van der Waals surface area contributed by atoms with Crippen LogP contribution in [0.4, 0.5) is 0 Å². The number of nitrogens with zero attached hydrogens (tertiary/aromatic N) is 1. The van der Waals surface area contributed by atoms with Crippen molar-refractivity contribution in [2.75, 3.05) is 19.7 Å². The Morgan fingerprint density at radius 1 is 1.24 bits per heavy atom. The first-order chi connectivity index (χ1) is 8.16. The van der Waals surface area contributed by atoms with Crippen molar-refractivity contribution in [1.82, 2.24) is 4.90 Å².